The molecular weight excluding hydrogens is 412 g/mol. The highest BCUT2D eigenvalue weighted by atomic mass is 16.6. The van der Waals surface area contributed by atoms with Crippen LogP contribution in [-0.2, 0) is 14.3 Å². The Balaban J connectivity index is 1.54. The number of carbonyl (C=O) groups excluding carboxylic acids is 2. The molecule has 170 valence electrons. The molecule has 0 spiro atoms. The molecule has 0 aromatic heterocycles. The lowest BCUT2D eigenvalue weighted by Crippen LogP contribution is -2.44. The largest absolute Gasteiger partial charge is 0.480 e. The molecule has 2 aromatic rings. The second kappa shape index (κ2) is 9.72. The van der Waals surface area contributed by atoms with Crippen molar-refractivity contribution in [1.82, 2.24) is 10.6 Å². The quantitative estimate of drug-likeness (QED) is 0.602. The summed E-state index contributed by atoms with van der Waals surface area (Å²) >= 11 is 0. The van der Waals surface area contributed by atoms with Gasteiger partial charge in [0.2, 0.25) is 0 Å². The number of rotatable bonds is 7. The van der Waals surface area contributed by atoms with E-state index >= 15 is 0 Å². The summed E-state index contributed by atoms with van der Waals surface area (Å²) < 4.78 is 10.5. The Morgan fingerprint density at radius 3 is 2.06 bits per heavy atom. The molecule has 0 fully saturated rings. The molecule has 0 radical (unpaired) electrons. The smallest absolute Gasteiger partial charge is 0.407 e. The molecule has 0 aliphatic heterocycles. The third kappa shape index (κ3) is 5.78. The van der Waals surface area contributed by atoms with Crippen LogP contribution in [0.2, 0.25) is 0 Å². The van der Waals surface area contributed by atoms with Gasteiger partial charge in [-0.05, 0) is 49.4 Å². The van der Waals surface area contributed by atoms with Crippen LogP contribution in [0.25, 0.3) is 11.1 Å². The van der Waals surface area contributed by atoms with Gasteiger partial charge < -0.3 is 25.2 Å². The van der Waals surface area contributed by atoms with E-state index in [2.05, 4.69) is 10.6 Å². The van der Waals surface area contributed by atoms with E-state index in [1.807, 2.05) is 48.5 Å². The van der Waals surface area contributed by atoms with Gasteiger partial charge in [-0.1, -0.05) is 48.5 Å². The van der Waals surface area contributed by atoms with Crippen LogP contribution in [-0.4, -0.2) is 48.1 Å². The van der Waals surface area contributed by atoms with Crippen molar-refractivity contribution in [3.8, 4) is 11.1 Å². The zero-order valence-corrected chi connectivity index (χ0v) is 18.4. The number of carboxylic acid groups (broad SMARTS) is 1. The third-order valence-corrected chi connectivity index (χ3v) is 5.04. The predicted molar refractivity (Wildman–Crippen MR) is 118 cm³/mol. The first-order valence-corrected chi connectivity index (χ1v) is 10.5. The Kier molecular flexibility index (Phi) is 7.02. The van der Waals surface area contributed by atoms with E-state index in [0.29, 0.717) is 0 Å². The normalized spacial score (nSPS) is 13.5. The van der Waals surface area contributed by atoms with Crippen molar-refractivity contribution < 1.29 is 29.0 Å². The zero-order chi connectivity index (χ0) is 23.3. The fraction of sp³-hybridized carbons (Fsp3) is 0.375. The maximum Gasteiger partial charge on any atom is 0.407 e. The molecule has 32 heavy (non-hydrogen) atoms. The minimum atomic E-state index is -1.22. The fourth-order valence-electron chi connectivity index (χ4n) is 3.67. The molecule has 1 atom stereocenters. The maximum absolute atomic E-state index is 12.3. The summed E-state index contributed by atoms with van der Waals surface area (Å²) in [5, 5.41) is 14.2. The number of ether oxygens (including phenoxy) is 2. The van der Waals surface area contributed by atoms with Crippen molar-refractivity contribution in [3.63, 3.8) is 0 Å². The van der Waals surface area contributed by atoms with Gasteiger partial charge in [0.05, 0.1) is 0 Å². The summed E-state index contributed by atoms with van der Waals surface area (Å²) in [5.74, 6) is -1.34. The molecule has 0 saturated carbocycles. The molecule has 2 aromatic carbocycles. The Morgan fingerprint density at radius 1 is 0.969 bits per heavy atom. The second-order valence-corrected chi connectivity index (χ2v) is 8.58. The van der Waals surface area contributed by atoms with Crippen LogP contribution in [0.3, 0.4) is 0 Å². The molecule has 2 amide bonds. The molecule has 8 nitrogen and oxygen atoms in total. The topological polar surface area (TPSA) is 114 Å². The lowest BCUT2D eigenvalue weighted by Gasteiger charge is -2.20. The number of nitrogens with one attached hydrogen (secondary N) is 2. The van der Waals surface area contributed by atoms with E-state index in [4.69, 9.17) is 9.47 Å². The SMILES string of the molecule is CC(C)(C)OC(=O)NCC[C@@H](NC(=O)OCC1c2ccccc2-c2ccccc21)C(=O)O. The Hall–Kier alpha value is -3.55. The minimum absolute atomic E-state index is 0.0151. The lowest BCUT2D eigenvalue weighted by molar-refractivity contribution is -0.139. The highest BCUT2D eigenvalue weighted by Crippen LogP contribution is 2.44. The van der Waals surface area contributed by atoms with Crippen LogP contribution < -0.4 is 10.6 Å². The molecule has 8 heteroatoms. The van der Waals surface area contributed by atoms with Crippen LogP contribution in [0, 0.1) is 0 Å². The van der Waals surface area contributed by atoms with Crippen molar-refractivity contribution in [2.75, 3.05) is 13.2 Å². The zero-order valence-electron chi connectivity index (χ0n) is 18.4. The Bertz CT molecular complexity index is 952. The van der Waals surface area contributed by atoms with Gasteiger partial charge in [-0.3, -0.25) is 0 Å². The summed E-state index contributed by atoms with van der Waals surface area (Å²) in [6.07, 6.45) is -1.49. The van der Waals surface area contributed by atoms with Crippen molar-refractivity contribution in [3.05, 3.63) is 59.7 Å². The van der Waals surface area contributed by atoms with Gasteiger partial charge in [0.25, 0.3) is 0 Å². The number of benzene rings is 2. The van der Waals surface area contributed by atoms with Crippen molar-refractivity contribution >= 4 is 18.2 Å². The van der Waals surface area contributed by atoms with Gasteiger partial charge in [0.15, 0.2) is 0 Å². The number of carbonyl (C=O) groups is 3. The summed E-state index contributed by atoms with van der Waals surface area (Å²) in [5.41, 5.74) is 3.69. The number of amides is 2. The Morgan fingerprint density at radius 2 is 1.53 bits per heavy atom. The summed E-state index contributed by atoms with van der Waals surface area (Å²) in [6.45, 7) is 5.29. The van der Waals surface area contributed by atoms with Crippen LogP contribution in [0.1, 0.15) is 44.2 Å². The van der Waals surface area contributed by atoms with E-state index in [1.165, 1.54) is 0 Å². The van der Waals surface area contributed by atoms with Gasteiger partial charge >= 0.3 is 18.2 Å². The van der Waals surface area contributed by atoms with Gasteiger partial charge in [-0.2, -0.15) is 0 Å². The van der Waals surface area contributed by atoms with Gasteiger partial charge in [0, 0.05) is 12.5 Å². The van der Waals surface area contributed by atoms with Gasteiger partial charge in [-0.25, -0.2) is 14.4 Å². The second-order valence-electron chi connectivity index (χ2n) is 8.58. The monoisotopic (exact) mass is 440 g/mol. The van der Waals surface area contributed by atoms with Crippen molar-refractivity contribution in [2.24, 2.45) is 0 Å². The van der Waals surface area contributed by atoms with E-state index in [0.717, 1.165) is 22.3 Å². The van der Waals surface area contributed by atoms with E-state index in [-0.39, 0.29) is 25.5 Å². The maximum atomic E-state index is 12.3. The van der Waals surface area contributed by atoms with E-state index in [1.54, 1.807) is 20.8 Å². The van der Waals surface area contributed by atoms with Crippen LogP contribution >= 0.6 is 0 Å². The molecule has 3 rings (SSSR count). The first kappa shape index (κ1) is 23.1. The molecule has 0 heterocycles. The molecule has 3 N–H and O–H groups in total. The van der Waals surface area contributed by atoms with Gasteiger partial charge in [-0.15, -0.1) is 0 Å². The molecule has 1 aliphatic carbocycles. The standard InChI is InChI=1S/C24H28N2O6/c1-24(2,3)32-22(29)25-13-12-20(21(27)28)26-23(30)31-14-19-17-10-6-4-8-15(17)16-9-5-7-11-18(16)19/h4-11,19-20H,12-14H2,1-3H3,(H,25,29)(H,26,30)(H,27,28)/t20-/m1/s1. The molecule has 1 aliphatic rings. The summed E-state index contributed by atoms with van der Waals surface area (Å²) in [4.78, 5) is 35.5. The van der Waals surface area contributed by atoms with E-state index in [9.17, 15) is 19.5 Å². The average molecular weight is 440 g/mol. The first-order valence-electron chi connectivity index (χ1n) is 10.5. The number of carboxylic acids is 1. The van der Waals surface area contributed by atoms with Crippen LogP contribution in [0.15, 0.2) is 48.5 Å². The molecule has 0 unspecified atom stereocenters. The average Bonchev–Trinajstić information content (AvgIpc) is 3.04. The Labute approximate surface area is 186 Å². The summed E-state index contributed by atoms with van der Waals surface area (Å²) in [6, 6.07) is 14.7. The molecule has 0 saturated heterocycles. The van der Waals surface area contributed by atoms with E-state index < -0.39 is 29.8 Å². The number of fused-ring (bicyclic) bond motifs is 3. The number of alkyl carbamates (subject to hydrolysis) is 2. The van der Waals surface area contributed by atoms with Crippen LogP contribution in [0.5, 0.6) is 0 Å². The van der Waals surface area contributed by atoms with Crippen molar-refractivity contribution in [2.45, 2.75) is 44.8 Å². The lowest BCUT2D eigenvalue weighted by atomic mass is 9.98. The molecule has 0 bridgehead atoms. The minimum Gasteiger partial charge on any atom is -0.480 e. The molecular formula is C24H28N2O6. The summed E-state index contributed by atoms with van der Waals surface area (Å²) in [7, 11) is 0. The number of aliphatic carboxylic acids is 1. The number of hydrogen-bond acceptors (Lipinski definition) is 5. The van der Waals surface area contributed by atoms with Crippen LogP contribution in [0.4, 0.5) is 9.59 Å². The van der Waals surface area contributed by atoms with Crippen molar-refractivity contribution in [1.29, 1.82) is 0 Å². The predicted octanol–water partition coefficient (Wildman–Crippen LogP) is 3.89. The van der Waals surface area contributed by atoms with Gasteiger partial charge in [0.1, 0.15) is 18.2 Å². The highest BCUT2D eigenvalue weighted by molar-refractivity contribution is 5.81. The number of hydrogen-bond donors (Lipinski definition) is 3. The third-order valence-electron chi connectivity index (χ3n) is 5.04. The fourth-order valence-corrected chi connectivity index (χ4v) is 3.67. The highest BCUT2D eigenvalue weighted by Gasteiger charge is 2.29. The first-order chi connectivity index (χ1) is 15.2.